The van der Waals surface area contributed by atoms with Crippen molar-refractivity contribution < 1.29 is 4.74 Å². The SMILES string of the molecule is c1cncc(Cn2nc3c(c2-c2ccc4c(c2)CCO4)CNC3)c1. The molecule has 1 N–H and O–H groups in total. The van der Waals surface area contributed by atoms with Gasteiger partial charge in [-0.05, 0) is 35.4 Å². The maximum absolute atomic E-state index is 5.65. The van der Waals surface area contributed by atoms with E-state index in [0.717, 1.165) is 49.7 Å². The van der Waals surface area contributed by atoms with Crippen molar-refractivity contribution in [3.8, 4) is 17.0 Å². The minimum Gasteiger partial charge on any atom is -0.493 e. The average Bonchev–Trinajstić information content (AvgIpc) is 3.30. The van der Waals surface area contributed by atoms with Crippen LogP contribution in [0.2, 0.25) is 0 Å². The molecule has 0 saturated carbocycles. The molecule has 24 heavy (non-hydrogen) atoms. The van der Waals surface area contributed by atoms with Crippen molar-refractivity contribution in [2.75, 3.05) is 6.61 Å². The summed E-state index contributed by atoms with van der Waals surface area (Å²) in [6, 6.07) is 10.6. The smallest absolute Gasteiger partial charge is 0.122 e. The van der Waals surface area contributed by atoms with Gasteiger partial charge in [0.25, 0.3) is 0 Å². The summed E-state index contributed by atoms with van der Waals surface area (Å²) >= 11 is 0. The second-order valence-electron chi connectivity index (χ2n) is 6.32. The number of fused-ring (bicyclic) bond motifs is 2. The van der Waals surface area contributed by atoms with Crippen molar-refractivity contribution >= 4 is 0 Å². The molecule has 0 radical (unpaired) electrons. The van der Waals surface area contributed by atoms with Gasteiger partial charge < -0.3 is 10.1 Å². The van der Waals surface area contributed by atoms with Crippen LogP contribution in [-0.2, 0) is 26.1 Å². The Morgan fingerprint density at radius 2 is 2.21 bits per heavy atom. The molecule has 4 heterocycles. The minimum atomic E-state index is 0.740. The van der Waals surface area contributed by atoms with Gasteiger partial charge in [0, 0.05) is 43.0 Å². The molecule has 0 aliphatic carbocycles. The fraction of sp³-hybridized carbons (Fsp3) is 0.263. The third kappa shape index (κ3) is 2.20. The molecule has 0 spiro atoms. The Morgan fingerprint density at radius 1 is 1.21 bits per heavy atom. The van der Waals surface area contributed by atoms with Crippen LogP contribution in [0.4, 0.5) is 0 Å². The number of nitrogens with zero attached hydrogens (tertiary/aromatic N) is 3. The standard InChI is InChI=1S/C19H18N4O/c1-2-13(9-20-6-1)12-23-19(16-10-21-11-17(16)22-23)15-3-4-18-14(8-15)5-7-24-18/h1-4,6,8-9,21H,5,7,10-12H2. The molecule has 0 fully saturated rings. The number of benzene rings is 1. The fourth-order valence-corrected chi connectivity index (χ4v) is 3.62. The van der Waals surface area contributed by atoms with E-state index in [4.69, 9.17) is 9.84 Å². The lowest BCUT2D eigenvalue weighted by Gasteiger charge is -2.11. The summed E-state index contributed by atoms with van der Waals surface area (Å²) in [4.78, 5) is 4.22. The lowest BCUT2D eigenvalue weighted by atomic mass is 10.0. The first-order valence-electron chi connectivity index (χ1n) is 8.33. The molecule has 2 aliphatic rings. The van der Waals surface area contributed by atoms with Crippen molar-refractivity contribution in [2.45, 2.75) is 26.1 Å². The number of pyridine rings is 1. The van der Waals surface area contributed by atoms with Crippen LogP contribution in [0, 0.1) is 0 Å². The first-order chi connectivity index (χ1) is 11.9. The Morgan fingerprint density at radius 3 is 3.12 bits per heavy atom. The van der Waals surface area contributed by atoms with Crippen LogP contribution in [0.3, 0.4) is 0 Å². The topological polar surface area (TPSA) is 52.0 Å². The lowest BCUT2D eigenvalue weighted by Crippen LogP contribution is -2.10. The highest BCUT2D eigenvalue weighted by Crippen LogP contribution is 2.34. The van der Waals surface area contributed by atoms with E-state index in [0.29, 0.717) is 0 Å². The van der Waals surface area contributed by atoms with Gasteiger partial charge in [-0.25, -0.2) is 0 Å². The van der Waals surface area contributed by atoms with E-state index in [1.165, 1.54) is 22.4 Å². The molecule has 2 aromatic heterocycles. The monoisotopic (exact) mass is 318 g/mol. The number of aromatic nitrogens is 3. The van der Waals surface area contributed by atoms with Gasteiger partial charge in [-0.15, -0.1) is 0 Å². The molecule has 0 atom stereocenters. The van der Waals surface area contributed by atoms with Crippen LogP contribution in [0.15, 0.2) is 42.7 Å². The van der Waals surface area contributed by atoms with E-state index in [1.54, 1.807) is 6.20 Å². The second kappa shape index (κ2) is 5.46. The van der Waals surface area contributed by atoms with Crippen LogP contribution in [0.5, 0.6) is 5.75 Å². The van der Waals surface area contributed by atoms with E-state index >= 15 is 0 Å². The van der Waals surface area contributed by atoms with Crippen LogP contribution >= 0.6 is 0 Å². The molecule has 1 aromatic carbocycles. The molecule has 0 bridgehead atoms. The van der Waals surface area contributed by atoms with E-state index in [-0.39, 0.29) is 0 Å². The molecule has 0 saturated heterocycles. The first kappa shape index (κ1) is 13.7. The third-order valence-electron chi connectivity index (χ3n) is 4.75. The molecule has 120 valence electrons. The Hall–Kier alpha value is -2.66. The molecule has 3 aromatic rings. The van der Waals surface area contributed by atoms with Crippen LogP contribution in [-0.4, -0.2) is 21.4 Å². The number of nitrogens with one attached hydrogen (secondary N) is 1. The highest BCUT2D eigenvalue weighted by molar-refractivity contribution is 5.68. The van der Waals surface area contributed by atoms with Crippen molar-refractivity contribution in [3.63, 3.8) is 0 Å². The highest BCUT2D eigenvalue weighted by atomic mass is 16.5. The summed E-state index contributed by atoms with van der Waals surface area (Å²) in [5, 5.41) is 8.26. The van der Waals surface area contributed by atoms with Gasteiger partial charge in [-0.2, -0.15) is 5.10 Å². The van der Waals surface area contributed by atoms with Gasteiger partial charge in [-0.1, -0.05) is 6.07 Å². The van der Waals surface area contributed by atoms with Crippen LogP contribution in [0.1, 0.15) is 22.4 Å². The van der Waals surface area contributed by atoms with Gasteiger partial charge in [0.2, 0.25) is 0 Å². The van der Waals surface area contributed by atoms with E-state index < -0.39 is 0 Å². The number of hydrogen-bond acceptors (Lipinski definition) is 4. The summed E-state index contributed by atoms with van der Waals surface area (Å²) in [5.41, 5.74) is 7.37. The Bertz CT molecular complexity index is 901. The zero-order chi connectivity index (χ0) is 15.9. The van der Waals surface area contributed by atoms with Gasteiger partial charge in [0.1, 0.15) is 5.75 Å². The molecule has 0 unspecified atom stereocenters. The largest absolute Gasteiger partial charge is 0.493 e. The molecular weight excluding hydrogens is 300 g/mol. The van der Waals surface area contributed by atoms with E-state index in [2.05, 4.69) is 39.2 Å². The molecule has 5 rings (SSSR count). The van der Waals surface area contributed by atoms with E-state index in [1.807, 2.05) is 12.3 Å². The summed E-state index contributed by atoms with van der Waals surface area (Å²) in [7, 11) is 0. The summed E-state index contributed by atoms with van der Waals surface area (Å²) < 4.78 is 7.77. The van der Waals surface area contributed by atoms with Gasteiger partial charge in [0.15, 0.2) is 0 Å². The normalized spacial score (nSPS) is 15.2. The average molecular weight is 318 g/mol. The van der Waals surface area contributed by atoms with Crippen molar-refractivity contribution in [1.29, 1.82) is 0 Å². The van der Waals surface area contributed by atoms with Gasteiger partial charge in [-0.3, -0.25) is 9.67 Å². The zero-order valence-electron chi connectivity index (χ0n) is 13.3. The maximum Gasteiger partial charge on any atom is 0.122 e. The van der Waals surface area contributed by atoms with Crippen molar-refractivity contribution in [2.24, 2.45) is 0 Å². The molecule has 0 amide bonds. The quantitative estimate of drug-likeness (QED) is 0.806. The van der Waals surface area contributed by atoms with E-state index in [9.17, 15) is 0 Å². The number of rotatable bonds is 3. The van der Waals surface area contributed by atoms with Crippen molar-refractivity contribution in [1.82, 2.24) is 20.1 Å². The third-order valence-corrected chi connectivity index (χ3v) is 4.75. The summed E-state index contributed by atoms with van der Waals surface area (Å²) in [6.45, 7) is 3.25. The Labute approximate surface area is 140 Å². The minimum absolute atomic E-state index is 0.740. The van der Waals surface area contributed by atoms with Crippen molar-refractivity contribution in [3.05, 3.63) is 65.1 Å². The maximum atomic E-state index is 5.65. The summed E-state index contributed by atoms with van der Waals surface area (Å²) in [5.74, 6) is 1.02. The van der Waals surface area contributed by atoms with Crippen LogP contribution in [0.25, 0.3) is 11.3 Å². The fourth-order valence-electron chi connectivity index (χ4n) is 3.62. The first-order valence-corrected chi connectivity index (χ1v) is 8.33. The molecular formula is C19H18N4O. The predicted octanol–water partition coefficient (Wildman–Crippen LogP) is 2.53. The zero-order valence-corrected chi connectivity index (χ0v) is 13.3. The predicted molar refractivity (Wildman–Crippen MR) is 90.7 cm³/mol. The van der Waals surface area contributed by atoms with Crippen LogP contribution < -0.4 is 10.1 Å². The lowest BCUT2D eigenvalue weighted by molar-refractivity contribution is 0.357. The second-order valence-corrected chi connectivity index (χ2v) is 6.32. The number of ether oxygens (including phenoxy) is 1. The molecule has 5 nitrogen and oxygen atoms in total. The van der Waals surface area contributed by atoms with Gasteiger partial charge >= 0.3 is 0 Å². The Kier molecular flexibility index (Phi) is 3.13. The summed E-state index contributed by atoms with van der Waals surface area (Å²) in [6.07, 6.45) is 4.70. The number of hydrogen-bond donors (Lipinski definition) is 1. The van der Waals surface area contributed by atoms with Gasteiger partial charge in [0.05, 0.1) is 24.5 Å². The molecule has 2 aliphatic heterocycles. The molecule has 5 heteroatoms. The Balaban J connectivity index is 1.61. The highest BCUT2D eigenvalue weighted by Gasteiger charge is 2.24.